The van der Waals surface area contributed by atoms with Gasteiger partial charge in [-0.05, 0) is 23.3 Å². The van der Waals surface area contributed by atoms with Crippen LogP contribution in [0.1, 0.15) is 29.7 Å². The molecule has 0 saturated carbocycles. The van der Waals surface area contributed by atoms with Crippen molar-refractivity contribution in [2.24, 2.45) is 0 Å². The minimum absolute atomic E-state index is 0.166. The van der Waals surface area contributed by atoms with Crippen LogP contribution < -0.4 is 10.6 Å². The number of hydrogen-bond donors (Lipinski definition) is 2. The van der Waals surface area contributed by atoms with Crippen LogP contribution in [-0.4, -0.2) is 49.9 Å². The number of amides is 2. The molecule has 7 nitrogen and oxygen atoms in total. The van der Waals surface area contributed by atoms with Gasteiger partial charge in [0.2, 0.25) is 11.8 Å². The maximum absolute atomic E-state index is 14.4. The van der Waals surface area contributed by atoms with Gasteiger partial charge in [-0.15, -0.1) is 0 Å². The van der Waals surface area contributed by atoms with Gasteiger partial charge in [0.1, 0.15) is 5.75 Å². The third-order valence-electron chi connectivity index (χ3n) is 5.36. The molecule has 1 atom stereocenters. The number of hydrogen-bond acceptors (Lipinski definition) is 5. The SMILES string of the molecule is CS(=O)(=O)CC(=O)NCC1=C(c2ccc(C(F)F)cn2)C[C@](c2ccccc2)(C(F)(F)F)NC1=O. The van der Waals surface area contributed by atoms with E-state index in [1.54, 1.807) is 0 Å². The van der Waals surface area contributed by atoms with Gasteiger partial charge in [0, 0.05) is 36.6 Å². The summed E-state index contributed by atoms with van der Waals surface area (Å²) in [7, 11) is -3.70. The van der Waals surface area contributed by atoms with Crippen molar-refractivity contribution in [1.29, 1.82) is 0 Å². The maximum atomic E-state index is 14.4. The summed E-state index contributed by atoms with van der Waals surface area (Å²) in [5.41, 5.74) is -4.29. The smallest absolute Gasteiger partial charge is 0.351 e. The number of carbonyl (C=O) groups is 2. The first-order valence-electron chi connectivity index (χ1n) is 10.1. The quantitative estimate of drug-likeness (QED) is 0.550. The summed E-state index contributed by atoms with van der Waals surface area (Å²) >= 11 is 0. The summed E-state index contributed by atoms with van der Waals surface area (Å²) in [5.74, 6) is -3.04. The van der Waals surface area contributed by atoms with E-state index in [1.165, 1.54) is 30.3 Å². The zero-order chi connectivity index (χ0) is 26.0. The van der Waals surface area contributed by atoms with E-state index in [0.29, 0.717) is 0 Å². The fourth-order valence-corrected chi connectivity index (χ4v) is 4.25. The second-order valence-corrected chi connectivity index (χ2v) is 10.1. The highest BCUT2D eigenvalue weighted by Crippen LogP contribution is 2.48. The molecule has 3 rings (SSSR count). The van der Waals surface area contributed by atoms with Crippen molar-refractivity contribution in [3.05, 3.63) is 71.1 Å². The van der Waals surface area contributed by atoms with Crippen molar-refractivity contribution in [2.45, 2.75) is 24.6 Å². The van der Waals surface area contributed by atoms with Gasteiger partial charge in [-0.25, -0.2) is 17.2 Å². The third kappa shape index (κ3) is 5.84. The van der Waals surface area contributed by atoms with Crippen LogP contribution in [0.25, 0.3) is 5.57 Å². The van der Waals surface area contributed by atoms with Crippen LogP contribution in [0.15, 0.2) is 54.2 Å². The second-order valence-electron chi connectivity index (χ2n) is 7.98. The Balaban J connectivity index is 2.12. The predicted octanol–water partition coefficient (Wildman–Crippen LogP) is 2.91. The Morgan fingerprint density at radius 1 is 1.17 bits per heavy atom. The lowest BCUT2D eigenvalue weighted by Gasteiger charge is -2.41. The van der Waals surface area contributed by atoms with Crippen LogP contribution in [0.5, 0.6) is 0 Å². The summed E-state index contributed by atoms with van der Waals surface area (Å²) < 4.78 is 91.9. The van der Waals surface area contributed by atoms with Crippen LogP contribution in [0, 0.1) is 0 Å². The van der Waals surface area contributed by atoms with E-state index >= 15 is 0 Å². The Hall–Kier alpha value is -3.35. The highest BCUT2D eigenvalue weighted by atomic mass is 32.2. The van der Waals surface area contributed by atoms with Crippen molar-refractivity contribution in [2.75, 3.05) is 18.6 Å². The molecule has 35 heavy (non-hydrogen) atoms. The Morgan fingerprint density at radius 3 is 2.34 bits per heavy atom. The zero-order valence-electron chi connectivity index (χ0n) is 18.2. The summed E-state index contributed by atoms with van der Waals surface area (Å²) in [6.45, 7) is -0.601. The highest BCUT2D eigenvalue weighted by Gasteiger charge is 2.59. The molecule has 0 bridgehead atoms. The molecule has 2 N–H and O–H groups in total. The van der Waals surface area contributed by atoms with Gasteiger partial charge in [0.05, 0.1) is 5.69 Å². The third-order valence-corrected chi connectivity index (χ3v) is 6.15. The van der Waals surface area contributed by atoms with Gasteiger partial charge in [-0.2, -0.15) is 13.2 Å². The summed E-state index contributed by atoms with van der Waals surface area (Å²) in [6, 6.07) is 8.67. The van der Waals surface area contributed by atoms with E-state index in [2.05, 4.69) is 10.3 Å². The Labute approximate surface area is 197 Å². The normalized spacial score (nSPS) is 19.0. The number of sulfone groups is 1. The van der Waals surface area contributed by atoms with E-state index in [4.69, 9.17) is 0 Å². The van der Waals surface area contributed by atoms with Crippen LogP contribution in [0.2, 0.25) is 0 Å². The standard InChI is InChI=1S/C22H20F5N3O4S/c1-35(33,34)12-18(31)29-11-16-15(17-8-7-13(10-28-17)19(23)24)9-21(22(25,26)27,30-20(16)32)14-5-3-2-4-6-14/h2-8,10,19H,9,11-12H2,1H3,(H,29,31)(H,30,32)/t21-/m0/s1. The molecule has 2 heterocycles. The van der Waals surface area contributed by atoms with E-state index in [0.717, 1.165) is 24.6 Å². The number of aromatic nitrogens is 1. The fraction of sp³-hybridized carbons (Fsp3) is 0.318. The molecule has 0 fully saturated rings. The average Bonchev–Trinajstić information content (AvgIpc) is 2.76. The van der Waals surface area contributed by atoms with Gasteiger partial charge in [-0.1, -0.05) is 30.3 Å². The molecule has 1 aromatic heterocycles. The van der Waals surface area contributed by atoms with Gasteiger partial charge in [0.25, 0.3) is 6.43 Å². The number of halogens is 5. The molecule has 13 heteroatoms. The first kappa shape index (κ1) is 26.3. The molecule has 1 aliphatic rings. The predicted molar refractivity (Wildman–Crippen MR) is 116 cm³/mol. The molecule has 188 valence electrons. The lowest BCUT2D eigenvalue weighted by Crippen LogP contribution is -2.59. The molecule has 0 unspecified atom stereocenters. The average molecular weight is 517 g/mol. The first-order valence-corrected chi connectivity index (χ1v) is 12.2. The van der Waals surface area contributed by atoms with Crippen LogP contribution in [0.3, 0.4) is 0 Å². The molecular formula is C22H20F5N3O4S. The van der Waals surface area contributed by atoms with Crippen molar-refractivity contribution in [1.82, 2.24) is 15.6 Å². The lowest BCUT2D eigenvalue weighted by atomic mass is 9.77. The highest BCUT2D eigenvalue weighted by molar-refractivity contribution is 7.91. The summed E-state index contributed by atoms with van der Waals surface area (Å²) in [4.78, 5) is 28.8. The molecule has 2 aromatic rings. The maximum Gasteiger partial charge on any atom is 0.416 e. The minimum Gasteiger partial charge on any atom is -0.351 e. The number of pyridine rings is 1. The molecular weight excluding hydrogens is 497 g/mol. The molecule has 1 aliphatic heterocycles. The molecule has 2 amide bonds. The van der Waals surface area contributed by atoms with Crippen molar-refractivity contribution in [3.63, 3.8) is 0 Å². The fourth-order valence-electron chi connectivity index (χ4n) is 3.68. The lowest BCUT2D eigenvalue weighted by molar-refractivity contribution is -0.201. The number of carbonyl (C=O) groups excluding carboxylic acids is 2. The Morgan fingerprint density at radius 2 is 1.83 bits per heavy atom. The number of nitrogens with one attached hydrogen (secondary N) is 2. The second kappa shape index (κ2) is 9.72. The molecule has 0 radical (unpaired) electrons. The van der Waals surface area contributed by atoms with Crippen LogP contribution in [0.4, 0.5) is 22.0 Å². The van der Waals surface area contributed by atoms with Gasteiger partial charge in [0.15, 0.2) is 15.4 Å². The van der Waals surface area contributed by atoms with Gasteiger partial charge >= 0.3 is 6.18 Å². The van der Waals surface area contributed by atoms with Gasteiger partial charge in [-0.3, -0.25) is 14.6 Å². The largest absolute Gasteiger partial charge is 0.416 e. The summed E-state index contributed by atoms with van der Waals surface area (Å²) in [6.07, 6.45) is -7.07. The topological polar surface area (TPSA) is 105 Å². The van der Waals surface area contributed by atoms with Gasteiger partial charge < -0.3 is 10.6 Å². The summed E-state index contributed by atoms with van der Waals surface area (Å²) in [5, 5.41) is 4.21. The number of rotatable bonds is 7. The van der Waals surface area contributed by atoms with Crippen molar-refractivity contribution >= 4 is 27.2 Å². The van der Waals surface area contributed by atoms with E-state index in [-0.39, 0.29) is 22.4 Å². The van der Waals surface area contributed by atoms with Crippen molar-refractivity contribution < 1.29 is 40.0 Å². The number of alkyl halides is 5. The minimum atomic E-state index is -4.97. The Bertz CT molecular complexity index is 1250. The number of benzene rings is 1. The Kier molecular flexibility index (Phi) is 7.29. The monoisotopic (exact) mass is 517 g/mol. The zero-order valence-corrected chi connectivity index (χ0v) is 19.0. The van der Waals surface area contributed by atoms with Crippen LogP contribution >= 0.6 is 0 Å². The van der Waals surface area contributed by atoms with E-state index < -0.39 is 64.1 Å². The van der Waals surface area contributed by atoms with Crippen molar-refractivity contribution in [3.8, 4) is 0 Å². The molecule has 0 spiro atoms. The molecule has 1 aromatic carbocycles. The first-order chi connectivity index (χ1) is 16.2. The van der Waals surface area contributed by atoms with E-state index in [9.17, 15) is 40.0 Å². The molecule has 0 aliphatic carbocycles. The molecule has 0 saturated heterocycles. The van der Waals surface area contributed by atoms with Crippen LogP contribution in [-0.2, 0) is 25.0 Å². The number of nitrogens with zero attached hydrogens (tertiary/aromatic N) is 1. The van der Waals surface area contributed by atoms with E-state index in [1.807, 2.05) is 5.32 Å².